The minimum atomic E-state index is 0.588. The van der Waals surface area contributed by atoms with Crippen LogP contribution in [0.2, 0.25) is 0 Å². The van der Waals surface area contributed by atoms with Gasteiger partial charge in [0.15, 0.2) is 0 Å². The van der Waals surface area contributed by atoms with Gasteiger partial charge in [-0.3, -0.25) is 0 Å². The van der Waals surface area contributed by atoms with Crippen molar-refractivity contribution in [3.63, 3.8) is 0 Å². The van der Waals surface area contributed by atoms with Gasteiger partial charge in [-0.05, 0) is 67.1 Å². The molecule has 0 aliphatic heterocycles. The normalized spacial score (nSPS) is 42.1. The van der Waals surface area contributed by atoms with Crippen LogP contribution in [-0.2, 0) is 0 Å². The maximum absolute atomic E-state index is 2.49. The molecule has 0 bridgehead atoms. The molecule has 4 unspecified atom stereocenters. The highest BCUT2D eigenvalue weighted by molar-refractivity contribution is 5.37. The molecule has 0 aromatic heterocycles. The third kappa shape index (κ3) is 2.30. The van der Waals surface area contributed by atoms with Gasteiger partial charge in [-0.25, -0.2) is 0 Å². The average Bonchev–Trinajstić information content (AvgIpc) is 3.12. The van der Waals surface area contributed by atoms with E-state index in [-0.39, 0.29) is 0 Å². The molecule has 0 nitrogen and oxygen atoms in total. The van der Waals surface area contributed by atoms with E-state index in [1.807, 2.05) is 0 Å². The van der Waals surface area contributed by atoms with Crippen LogP contribution in [0.5, 0.6) is 0 Å². The molecule has 0 amide bonds. The van der Waals surface area contributed by atoms with Crippen LogP contribution >= 0.6 is 0 Å². The van der Waals surface area contributed by atoms with Gasteiger partial charge in [0, 0.05) is 0 Å². The van der Waals surface area contributed by atoms with Crippen molar-refractivity contribution in [2.75, 3.05) is 0 Å². The zero-order valence-electron chi connectivity index (χ0n) is 14.3. The Bertz CT molecular complexity index is 460. The van der Waals surface area contributed by atoms with E-state index in [9.17, 15) is 0 Å². The summed E-state index contributed by atoms with van der Waals surface area (Å²) in [6, 6.07) is 0. The fourth-order valence-corrected chi connectivity index (χ4v) is 4.83. The lowest BCUT2D eigenvalue weighted by molar-refractivity contribution is 0.488. The third-order valence-corrected chi connectivity index (χ3v) is 6.83. The number of hydrogen-bond donors (Lipinski definition) is 0. The van der Waals surface area contributed by atoms with E-state index in [1.54, 1.807) is 11.1 Å². The summed E-state index contributed by atoms with van der Waals surface area (Å²) < 4.78 is 0. The third-order valence-electron chi connectivity index (χ3n) is 6.83. The summed E-state index contributed by atoms with van der Waals surface area (Å²) in [5.41, 5.74) is 4.62. The first-order chi connectivity index (χ1) is 9.24. The molecule has 0 N–H and O–H groups in total. The van der Waals surface area contributed by atoms with Gasteiger partial charge in [-0.1, -0.05) is 57.9 Å². The van der Waals surface area contributed by atoms with Gasteiger partial charge in [0.2, 0.25) is 0 Å². The topological polar surface area (TPSA) is 0 Å². The van der Waals surface area contributed by atoms with Crippen LogP contribution in [-0.4, -0.2) is 0 Å². The molecular formula is C20H32. The predicted molar refractivity (Wildman–Crippen MR) is 87.5 cm³/mol. The highest BCUT2D eigenvalue weighted by Gasteiger charge is 2.57. The lowest BCUT2D eigenvalue weighted by Gasteiger charge is -2.08. The smallest absolute Gasteiger partial charge is 0.00759 e. The standard InChI is InChI=1S/2C10H16/c2*1-7-4-5-8-9(6-7)10(8,2)3/h6-8H,4-5H2,1-3H3;4,8-9H,5-6H2,1-3H3. The van der Waals surface area contributed by atoms with Crippen LogP contribution in [0.4, 0.5) is 0 Å². The zero-order chi connectivity index (χ0) is 14.7. The Morgan fingerprint density at radius 2 is 1.75 bits per heavy atom. The van der Waals surface area contributed by atoms with Gasteiger partial charge in [-0.2, -0.15) is 0 Å². The molecule has 20 heavy (non-hydrogen) atoms. The first-order valence-electron chi connectivity index (χ1n) is 8.62. The SMILES string of the molecule is CC1=CCC2C(C1)C2(C)C.CC1C=C2C(CC1)C2(C)C. The van der Waals surface area contributed by atoms with Crippen LogP contribution in [0.1, 0.15) is 67.2 Å². The highest BCUT2D eigenvalue weighted by atomic mass is 14.6. The first kappa shape index (κ1) is 14.4. The summed E-state index contributed by atoms with van der Waals surface area (Å²) in [5, 5.41) is 0. The molecule has 0 spiro atoms. The molecule has 4 aliphatic rings. The molecule has 4 rings (SSSR count). The largest absolute Gasteiger partial charge is 0.0853 e. The van der Waals surface area contributed by atoms with Crippen LogP contribution in [0, 0.1) is 34.5 Å². The molecule has 4 aliphatic carbocycles. The van der Waals surface area contributed by atoms with Gasteiger partial charge in [0.25, 0.3) is 0 Å². The van der Waals surface area contributed by atoms with Crippen molar-refractivity contribution in [2.24, 2.45) is 34.5 Å². The molecule has 2 fully saturated rings. The maximum Gasteiger partial charge on any atom is -0.00759 e. The Hall–Kier alpha value is -0.520. The number of hydrogen-bond acceptors (Lipinski definition) is 0. The summed E-state index contributed by atoms with van der Waals surface area (Å²) >= 11 is 0. The quantitative estimate of drug-likeness (QED) is 0.475. The number of fused-ring (bicyclic) bond motifs is 2. The van der Waals surface area contributed by atoms with E-state index < -0.39 is 0 Å². The second-order valence-electron chi connectivity index (χ2n) is 8.98. The van der Waals surface area contributed by atoms with Crippen LogP contribution in [0.3, 0.4) is 0 Å². The summed E-state index contributed by atoms with van der Waals surface area (Å²) in [6.07, 6.45) is 10.5. The second kappa shape index (κ2) is 4.49. The van der Waals surface area contributed by atoms with Crippen molar-refractivity contribution >= 4 is 0 Å². The fourth-order valence-electron chi connectivity index (χ4n) is 4.83. The van der Waals surface area contributed by atoms with Crippen molar-refractivity contribution < 1.29 is 0 Å². The molecule has 0 aromatic carbocycles. The van der Waals surface area contributed by atoms with E-state index in [4.69, 9.17) is 0 Å². The molecule has 4 atom stereocenters. The zero-order valence-corrected chi connectivity index (χ0v) is 14.3. The highest BCUT2D eigenvalue weighted by Crippen LogP contribution is 2.64. The second-order valence-corrected chi connectivity index (χ2v) is 8.98. The number of rotatable bonds is 0. The van der Waals surface area contributed by atoms with Crippen molar-refractivity contribution in [3.8, 4) is 0 Å². The molecule has 0 saturated heterocycles. The van der Waals surface area contributed by atoms with E-state index in [0.717, 1.165) is 23.7 Å². The van der Waals surface area contributed by atoms with Crippen molar-refractivity contribution in [1.82, 2.24) is 0 Å². The Labute approximate surface area is 125 Å². The Kier molecular flexibility index (Phi) is 3.23. The minimum Gasteiger partial charge on any atom is -0.0853 e. The molecule has 0 radical (unpaired) electrons. The number of allylic oxidation sites excluding steroid dienone is 4. The predicted octanol–water partition coefficient (Wildman–Crippen LogP) is 6.00. The first-order valence-corrected chi connectivity index (χ1v) is 8.62. The van der Waals surface area contributed by atoms with Gasteiger partial charge < -0.3 is 0 Å². The lowest BCUT2D eigenvalue weighted by Crippen LogP contribution is -1.95. The molecule has 0 heteroatoms. The van der Waals surface area contributed by atoms with Gasteiger partial charge in [0.1, 0.15) is 0 Å². The Morgan fingerprint density at radius 3 is 2.25 bits per heavy atom. The fraction of sp³-hybridized carbons (Fsp3) is 0.800. The maximum atomic E-state index is 2.49. The molecule has 2 saturated carbocycles. The van der Waals surface area contributed by atoms with E-state index in [1.165, 1.54) is 25.7 Å². The molecule has 0 aromatic rings. The monoisotopic (exact) mass is 272 g/mol. The van der Waals surface area contributed by atoms with Crippen molar-refractivity contribution in [3.05, 3.63) is 23.3 Å². The van der Waals surface area contributed by atoms with Crippen molar-refractivity contribution in [2.45, 2.75) is 67.2 Å². The van der Waals surface area contributed by atoms with Gasteiger partial charge >= 0.3 is 0 Å². The van der Waals surface area contributed by atoms with Gasteiger partial charge in [-0.15, -0.1) is 0 Å². The van der Waals surface area contributed by atoms with Crippen molar-refractivity contribution in [1.29, 1.82) is 0 Å². The van der Waals surface area contributed by atoms with Gasteiger partial charge in [0.05, 0.1) is 0 Å². The van der Waals surface area contributed by atoms with Crippen LogP contribution < -0.4 is 0 Å². The summed E-state index contributed by atoms with van der Waals surface area (Å²) in [5.74, 6) is 3.87. The average molecular weight is 272 g/mol. The molecule has 112 valence electrons. The Morgan fingerprint density at radius 1 is 1.05 bits per heavy atom. The lowest BCUT2D eigenvalue weighted by atomic mass is 9.98. The van der Waals surface area contributed by atoms with E-state index in [2.05, 4.69) is 53.7 Å². The van der Waals surface area contributed by atoms with Crippen LogP contribution in [0.15, 0.2) is 23.3 Å². The Balaban J connectivity index is 0.000000121. The van der Waals surface area contributed by atoms with E-state index in [0.29, 0.717) is 10.8 Å². The molecular weight excluding hydrogens is 240 g/mol. The summed E-state index contributed by atoms with van der Waals surface area (Å²) in [6.45, 7) is 14.2. The van der Waals surface area contributed by atoms with E-state index >= 15 is 0 Å². The van der Waals surface area contributed by atoms with Crippen LogP contribution in [0.25, 0.3) is 0 Å². The molecule has 0 heterocycles. The summed E-state index contributed by atoms with van der Waals surface area (Å²) in [4.78, 5) is 0. The minimum absolute atomic E-state index is 0.588. The summed E-state index contributed by atoms with van der Waals surface area (Å²) in [7, 11) is 0.